The summed E-state index contributed by atoms with van der Waals surface area (Å²) in [5.74, 6) is 0.291. The quantitative estimate of drug-likeness (QED) is 0.500. The van der Waals surface area contributed by atoms with Gasteiger partial charge in [0, 0.05) is 14.8 Å². The summed E-state index contributed by atoms with van der Waals surface area (Å²) >= 11 is 2.21. The van der Waals surface area contributed by atoms with Crippen molar-refractivity contribution in [3.63, 3.8) is 0 Å². The lowest BCUT2D eigenvalue weighted by molar-refractivity contribution is 0.0599. The smallest absolute Gasteiger partial charge is 0.340 e. The summed E-state index contributed by atoms with van der Waals surface area (Å²) < 4.78 is 11.5. The summed E-state index contributed by atoms with van der Waals surface area (Å²) in [6, 6.07) is 12.9. The fourth-order valence-corrected chi connectivity index (χ4v) is 2.32. The Labute approximate surface area is 131 Å². The molecule has 0 radical (unpaired) electrons. The van der Waals surface area contributed by atoms with E-state index in [0.29, 0.717) is 16.8 Å². The Balaban J connectivity index is 2.21. The van der Waals surface area contributed by atoms with Gasteiger partial charge >= 0.3 is 5.97 Å². The molecule has 0 saturated heterocycles. The van der Waals surface area contributed by atoms with Crippen LogP contribution in [0.1, 0.15) is 15.9 Å². The van der Waals surface area contributed by atoms with Gasteiger partial charge < -0.3 is 15.2 Å². The minimum atomic E-state index is -0.454. The van der Waals surface area contributed by atoms with Gasteiger partial charge in [-0.15, -0.1) is 0 Å². The van der Waals surface area contributed by atoms with Gasteiger partial charge in [-0.25, -0.2) is 4.79 Å². The summed E-state index contributed by atoms with van der Waals surface area (Å²) in [5, 5.41) is 0. The first-order valence-corrected chi connectivity index (χ1v) is 7.03. The average molecular weight is 383 g/mol. The zero-order chi connectivity index (χ0) is 14.5. The number of hydrogen-bond acceptors (Lipinski definition) is 4. The van der Waals surface area contributed by atoms with Crippen LogP contribution in [0.3, 0.4) is 0 Å². The summed E-state index contributed by atoms with van der Waals surface area (Å²) in [6.07, 6.45) is 0. The third-order valence-corrected chi connectivity index (χ3v) is 3.43. The largest absolute Gasteiger partial charge is 0.489 e. The molecule has 0 spiro atoms. The molecule has 5 heteroatoms. The highest BCUT2D eigenvalue weighted by atomic mass is 127. The number of benzene rings is 2. The predicted octanol–water partition coefficient (Wildman–Crippen LogP) is 3.24. The van der Waals surface area contributed by atoms with Crippen molar-refractivity contribution in [2.75, 3.05) is 12.8 Å². The first kappa shape index (κ1) is 14.6. The van der Waals surface area contributed by atoms with E-state index in [4.69, 9.17) is 15.2 Å². The highest BCUT2D eigenvalue weighted by Crippen LogP contribution is 2.21. The molecule has 2 N–H and O–H groups in total. The van der Waals surface area contributed by atoms with Crippen LogP contribution in [-0.2, 0) is 11.3 Å². The molecule has 0 heterocycles. The Kier molecular flexibility index (Phi) is 4.84. The van der Waals surface area contributed by atoms with Crippen molar-refractivity contribution in [2.45, 2.75) is 6.61 Å². The van der Waals surface area contributed by atoms with Gasteiger partial charge in [0.1, 0.15) is 12.4 Å². The Morgan fingerprint density at radius 3 is 2.70 bits per heavy atom. The number of nitrogen functional groups attached to an aromatic ring is 1. The van der Waals surface area contributed by atoms with Crippen molar-refractivity contribution < 1.29 is 14.3 Å². The zero-order valence-corrected chi connectivity index (χ0v) is 13.1. The highest BCUT2D eigenvalue weighted by molar-refractivity contribution is 14.1. The van der Waals surface area contributed by atoms with Gasteiger partial charge in [0.25, 0.3) is 0 Å². The summed E-state index contributed by atoms with van der Waals surface area (Å²) in [6.45, 7) is 0.259. The molecule has 2 rings (SSSR count). The van der Waals surface area contributed by atoms with Crippen LogP contribution in [0.5, 0.6) is 5.75 Å². The second-order valence-electron chi connectivity index (χ2n) is 4.12. The Bertz CT molecular complexity index is 628. The van der Waals surface area contributed by atoms with Crippen LogP contribution in [-0.4, -0.2) is 13.1 Å². The molecule has 104 valence electrons. The first-order chi connectivity index (χ1) is 9.61. The fourth-order valence-electron chi connectivity index (χ4n) is 1.81. The molecule has 0 aromatic heterocycles. The number of methoxy groups -OCH3 is 1. The highest BCUT2D eigenvalue weighted by Gasteiger charge is 2.15. The number of hydrogen-bond donors (Lipinski definition) is 1. The number of carbonyl (C=O) groups excluding carboxylic acids is 1. The minimum Gasteiger partial charge on any atom is -0.489 e. The van der Waals surface area contributed by atoms with E-state index in [1.807, 2.05) is 24.3 Å². The average Bonchev–Trinajstić information content (AvgIpc) is 2.44. The van der Waals surface area contributed by atoms with Gasteiger partial charge in [0.2, 0.25) is 0 Å². The molecule has 0 saturated carbocycles. The molecule has 20 heavy (non-hydrogen) atoms. The van der Waals surface area contributed by atoms with E-state index in [-0.39, 0.29) is 6.61 Å². The van der Waals surface area contributed by atoms with Crippen molar-refractivity contribution in [1.82, 2.24) is 0 Å². The van der Waals surface area contributed by atoms with Crippen molar-refractivity contribution in [3.05, 3.63) is 57.2 Å². The summed E-state index contributed by atoms with van der Waals surface area (Å²) in [7, 11) is 1.33. The molecule has 0 bridgehead atoms. The first-order valence-electron chi connectivity index (χ1n) is 5.96. The van der Waals surface area contributed by atoms with E-state index in [1.54, 1.807) is 18.2 Å². The maximum Gasteiger partial charge on any atom is 0.340 e. The van der Waals surface area contributed by atoms with Crippen molar-refractivity contribution in [2.24, 2.45) is 0 Å². The normalized spacial score (nSPS) is 10.1. The second-order valence-corrected chi connectivity index (χ2v) is 5.36. The van der Waals surface area contributed by atoms with Gasteiger partial charge in [-0.2, -0.15) is 0 Å². The summed E-state index contributed by atoms with van der Waals surface area (Å²) in [5.41, 5.74) is 7.29. The minimum absolute atomic E-state index is 0.259. The van der Waals surface area contributed by atoms with Crippen LogP contribution in [0.4, 0.5) is 5.69 Å². The van der Waals surface area contributed by atoms with E-state index < -0.39 is 5.97 Å². The van der Waals surface area contributed by atoms with Crippen LogP contribution < -0.4 is 10.5 Å². The predicted molar refractivity (Wildman–Crippen MR) is 85.7 cm³/mol. The molecule has 0 atom stereocenters. The number of carbonyl (C=O) groups is 1. The monoisotopic (exact) mass is 383 g/mol. The van der Waals surface area contributed by atoms with Crippen LogP contribution in [0.2, 0.25) is 0 Å². The molecule has 0 unspecified atom stereocenters. The van der Waals surface area contributed by atoms with Crippen LogP contribution in [0.15, 0.2) is 42.5 Å². The van der Waals surface area contributed by atoms with E-state index >= 15 is 0 Å². The van der Waals surface area contributed by atoms with Gasteiger partial charge in [-0.3, -0.25) is 0 Å². The second kappa shape index (κ2) is 6.60. The topological polar surface area (TPSA) is 61.5 Å². The van der Waals surface area contributed by atoms with E-state index in [2.05, 4.69) is 22.6 Å². The Hall–Kier alpha value is -1.76. The fraction of sp³-hybridized carbons (Fsp3) is 0.133. The molecule has 0 amide bonds. The lowest BCUT2D eigenvalue weighted by atomic mass is 10.1. The zero-order valence-electron chi connectivity index (χ0n) is 10.9. The van der Waals surface area contributed by atoms with Crippen LogP contribution >= 0.6 is 22.6 Å². The lowest BCUT2D eigenvalue weighted by Crippen LogP contribution is -2.11. The number of rotatable bonds is 4. The van der Waals surface area contributed by atoms with Crippen LogP contribution in [0.25, 0.3) is 0 Å². The maximum atomic E-state index is 11.8. The van der Waals surface area contributed by atoms with Crippen molar-refractivity contribution in [1.29, 1.82) is 0 Å². The number of nitrogens with two attached hydrogens (primary N) is 1. The van der Waals surface area contributed by atoms with Gasteiger partial charge in [-0.05, 0) is 46.9 Å². The van der Waals surface area contributed by atoms with E-state index in [1.165, 1.54) is 7.11 Å². The van der Waals surface area contributed by atoms with Gasteiger partial charge in [-0.1, -0.05) is 18.2 Å². The number of anilines is 1. The Morgan fingerprint density at radius 1 is 1.25 bits per heavy atom. The maximum absolute atomic E-state index is 11.8. The number of ether oxygens (including phenoxy) is 2. The number of halogens is 1. The van der Waals surface area contributed by atoms with Crippen molar-refractivity contribution >= 4 is 34.2 Å². The third-order valence-electron chi connectivity index (χ3n) is 2.76. The summed E-state index contributed by atoms with van der Waals surface area (Å²) in [4.78, 5) is 11.8. The standard InChI is InChI=1S/C15H14INO3/c1-19-15(18)14-10(4-2-7-13(14)17)9-20-12-6-3-5-11(16)8-12/h2-8H,9,17H2,1H3. The molecule has 0 fully saturated rings. The molecular weight excluding hydrogens is 369 g/mol. The third kappa shape index (κ3) is 3.41. The molecule has 0 aliphatic carbocycles. The van der Waals surface area contributed by atoms with E-state index in [9.17, 15) is 4.79 Å². The van der Waals surface area contributed by atoms with Gasteiger partial charge in [0.05, 0.1) is 12.7 Å². The van der Waals surface area contributed by atoms with Gasteiger partial charge in [0.15, 0.2) is 0 Å². The van der Waals surface area contributed by atoms with Crippen LogP contribution in [0, 0.1) is 3.57 Å². The lowest BCUT2D eigenvalue weighted by Gasteiger charge is -2.12. The molecule has 2 aromatic rings. The molecule has 0 aliphatic rings. The molecule has 0 aliphatic heterocycles. The SMILES string of the molecule is COC(=O)c1c(N)cccc1COc1cccc(I)c1. The van der Waals surface area contributed by atoms with E-state index in [0.717, 1.165) is 9.32 Å². The Morgan fingerprint density at radius 2 is 2.00 bits per heavy atom. The molecular formula is C15H14INO3. The molecule has 4 nitrogen and oxygen atoms in total. The number of esters is 1. The van der Waals surface area contributed by atoms with Crippen molar-refractivity contribution in [3.8, 4) is 5.75 Å². The molecule has 2 aromatic carbocycles.